The molecule has 2 nitrogen and oxygen atoms in total. The minimum absolute atomic E-state index is 0.569. The summed E-state index contributed by atoms with van der Waals surface area (Å²) in [7, 11) is 0. The van der Waals surface area contributed by atoms with Crippen LogP contribution in [0.25, 0.3) is 0 Å². The topological polar surface area (TPSA) is 24.1 Å². The second kappa shape index (κ2) is 6.87. The Hall–Kier alpha value is -1.38. The lowest BCUT2D eigenvalue weighted by atomic mass is 10.1. The molecule has 2 aromatic carbocycles. The number of halogens is 2. The number of rotatable bonds is 5. The quantitative estimate of drug-likeness (QED) is 0.748. The summed E-state index contributed by atoms with van der Waals surface area (Å²) in [6.07, 6.45) is 0. The highest BCUT2D eigenvalue weighted by Crippen LogP contribution is 2.29. The molecular weight excluding hydrogens is 291 g/mol. The van der Waals surface area contributed by atoms with Crippen molar-refractivity contribution in [3.05, 3.63) is 57.6 Å². The zero-order valence-corrected chi connectivity index (χ0v) is 13.1. The van der Waals surface area contributed by atoms with Gasteiger partial charge in [-0.15, -0.1) is 0 Å². The van der Waals surface area contributed by atoms with Crippen molar-refractivity contribution in [1.82, 2.24) is 0 Å². The molecule has 20 heavy (non-hydrogen) atoms. The minimum atomic E-state index is 0.569. The van der Waals surface area contributed by atoms with Crippen LogP contribution in [0.2, 0.25) is 10.0 Å². The van der Waals surface area contributed by atoms with Gasteiger partial charge in [-0.05, 0) is 43.2 Å². The summed E-state index contributed by atoms with van der Waals surface area (Å²) in [5.74, 6) is 0. The predicted molar refractivity (Wildman–Crippen MR) is 89.4 cm³/mol. The Kier molecular flexibility index (Phi) is 5.16. The SMILES string of the molecule is Cc1ccc(C)c(NCCNc2cccc(Cl)c2Cl)c1. The molecule has 0 heterocycles. The molecule has 0 saturated heterocycles. The number of benzene rings is 2. The molecule has 2 aromatic rings. The summed E-state index contributed by atoms with van der Waals surface area (Å²) >= 11 is 12.1. The zero-order valence-electron chi connectivity index (χ0n) is 11.6. The van der Waals surface area contributed by atoms with E-state index in [1.165, 1.54) is 16.8 Å². The van der Waals surface area contributed by atoms with E-state index in [-0.39, 0.29) is 0 Å². The van der Waals surface area contributed by atoms with Gasteiger partial charge >= 0.3 is 0 Å². The molecule has 0 aromatic heterocycles. The van der Waals surface area contributed by atoms with Crippen molar-refractivity contribution < 1.29 is 0 Å². The summed E-state index contributed by atoms with van der Waals surface area (Å²) in [5, 5.41) is 7.84. The van der Waals surface area contributed by atoms with E-state index in [9.17, 15) is 0 Å². The molecule has 0 fully saturated rings. The molecule has 0 atom stereocenters. The Bertz CT molecular complexity index is 593. The van der Waals surface area contributed by atoms with Gasteiger partial charge in [0.15, 0.2) is 0 Å². The lowest BCUT2D eigenvalue weighted by Gasteiger charge is -2.12. The highest BCUT2D eigenvalue weighted by atomic mass is 35.5. The summed E-state index contributed by atoms with van der Waals surface area (Å²) in [5.41, 5.74) is 4.53. The average Bonchev–Trinajstić information content (AvgIpc) is 2.43. The Labute approximate surface area is 130 Å². The molecular formula is C16H18Cl2N2. The lowest BCUT2D eigenvalue weighted by molar-refractivity contribution is 1.07. The van der Waals surface area contributed by atoms with E-state index in [0.29, 0.717) is 10.0 Å². The van der Waals surface area contributed by atoms with Crippen LogP contribution in [0.5, 0.6) is 0 Å². The van der Waals surface area contributed by atoms with Gasteiger partial charge in [0, 0.05) is 18.8 Å². The van der Waals surface area contributed by atoms with E-state index >= 15 is 0 Å². The number of hydrogen-bond acceptors (Lipinski definition) is 2. The Morgan fingerprint density at radius 3 is 2.35 bits per heavy atom. The fourth-order valence-corrected chi connectivity index (χ4v) is 2.33. The largest absolute Gasteiger partial charge is 0.383 e. The first-order valence-electron chi connectivity index (χ1n) is 6.57. The maximum atomic E-state index is 6.12. The Morgan fingerprint density at radius 2 is 1.60 bits per heavy atom. The van der Waals surface area contributed by atoms with Crippen LogP contribution in [0.3, 0.4) is 0 Å². The third kappa shape index (κ3) is 3.81. The number of anilines is 2. The second-order valence-corrected chi connectivity index (χ2v) is 5.56. The summed E-state index contributed by atoms with van der Waals surface area (Å²) in [4.78, 5) is 0. The van der Waals surface area contributed by atoms with Crippen molar-refractivity contribution in [3.63, 3.8) is 0 Å². The van der Waals surface area contributed by atoms with Crippen LogP contribution < -0.4 is 10.6 Å². The molecule has 0 amide bonds. The molecule has 0 bridgehead atoms. The van der Waals surface area contributed by atoms with Crippen molar-refractivity contribution in [2.45, 2.75) is 13.8 Å². The van der Waals surface area contributed by atoms with Gasteiger partial charge < -0.3 is 10.6 Å². The lowest BCUT2D eigenvalue weighted by Crippen LogP contribution is -2.14. The number of nitrogens with one attached hydrogen (secondary N) is 2. The maximum absolute atomic E-state index is 6.12. The standard InChI is InChI=1S/C16H18Cl2N2/c1-11-6-7-12(2)15(10-11)20-9-8-19-14-5-3-4-13(17)16(14)18/h3-7,10,19-20H,8-9H2,1-2H3. The van der Waals surface area contributed by atoms with Crippen LogP contribution >= 0.6 is 23.2 Å². The first-order chi connectivity index (χ1) is 9.58. The molecule has 0 unspecified atom stereocenters. The molecule has 4 heteroatoms. The van der Waals surface area contributed by atoms with Crippen LogP contribution in [0, 0.1) is 13.8 Å². The van der Waals surface area contributed by atoms with Gasteiger partial charge in [0.05, 0.1) is 15.7 Å². The molecule has 0 aliphatic carbocycles. The zero-order chi connectivity index (χ0) is 14.5. The van der Waals surface area contributed by atoms with Crippen molar-refractivity contribution in [2.75, 3.05) is 23.7 Å². The van der Waals surface area contributed by atoms with Crippen LogP contribution in [-0.2, 0) is 0 Å². The van der Waals surface area contributed by atoms with E-state index in [1.807, 2.05) is 12.1 Å². The highest BCUT2D eigenvalue weighted by molar-refractivity contribution is 6.43. The molecule has 0 radical (unpaired) electrons. The summed E-state index contributed by atoms with van der Waals surface area (Å²) in [6.45, 7) is 5.78. The Balaban J connectivity index is 1.88. The minimum Gasteiger partial charge on any atom is -0.383 e. The van der Waals surface area contributed by atoms with Gasteiger partial charge in [-0.1, -0.05) is 41.4 Å². The molecule has 0 aliphatic heterocycles. The highest BCUT2D eigenvalue weighted by Gasteiger charge is 2.03. The molecule has 0 spiro atoms. The van der Waals surface area contributed by atoms with Gasteiger partial charge in [-0.25, -0.2) is 0 Å². The van der Waals surface area contributed by atoms with Crippen LogP contribution in [0.4, 0.5) is 11.4 Å². The van der Waals surface area contributed by atoms with Crippen molar-refractivity contribution >= 4 is 34.6 Å². The van der Waals surface area contributed by atoms with Crippen molar-refractivity contribution in [1.29, 1.82) is 0 Å². The maximum Gasteiger partial charge on any atom is 0.0823 e. The molecule has 0 aliphatic rings. The van der Waals surface area contributed by atoms with E-state index in [2.05, 4.69) is 42.7 Å². The summed E-state index contributed by atoms with van der Waals surface area (Å²) < 4.78 is 0. The van der Waals surface area contributed by atoms with E-state index in [1.54, 1.807) is 6.07 Å². The second-order valence-electron chi connectivity index (χ2n) is 4.77. The fraction of sp³-hybridized carbons (Fsp3) is 0.250. The smallest absolute Gasteiger partial charge is 0.0823 e. The van der Waals surface area contributed by atoms with Crippen LogP contribution in [0.15, 0.2) is 36.4 Å². The molecule has 2 N–H and O–H groups in total. The molecule has 2 rings (SSSR count). The van der Waals surface area contributed by atoms with E-state index in [0.717, 1.165) is 18.8 Å². The predicted octanol–water partition coefficient (Wildman–Crippen LogP) is 5.13. The van der Waals surface area contributed by atoms with Gasteiger partial charge in [0.2, 0.25) is 0 Å². The molecule has 0 saturated carbocycles. The van der Waals surface area contributed by atoms with Crippen molar-refractivity contribution in [3.8, 4) is 0 Å². The van der Waals surface area contributed by atoms with Crippen LogP contribution in [0.1, 0.15) is 11.1 Å². The fourth-order valence-electron chi connectivity index (χ4n) is 1.96. The van der Waals surface area contributed by atoms with E-state index < -0.39 is 0 Å². The third-order valence-corrected chi connectivity index (χ3v) is 3.92. The van der Waals surface area contributed by atoms with E-state index in [4.69, 9.17) is 23.2 Å². The first kappa shape index (κ1) is 15.0. The normalized spacial score (nSPS) is 10.4. The van der Waals surface area contributed by atoms with Gasteiger partial charge in [0.1, 0.15) is 0 Å². The number of aryl methyl sites for hydroxylation is 2. The monoisotopic (exact) mass is 308 g/mol. The van der Waals surface area contributed by atoms with Crippen LogP contribution in [-0.4, -0.2) is 13.1 Å². The van der Waals surface area contributed by atoms with Gasteiger partial charge in [0.25, 0.3) is 0 Å². The van der Waals surface area contributed by atoms with Crippen molar-refractivity contribution in [2.24, 2.45) is 0 Å². The summed E-state index contributed by atoms with van der Waals surface area (Å²) in [6, 6.07) is 12.0. The average molecular weight is 309 g/mol. The third-order valence-electron chi connectivity index (χ3n) is 3.10. The van der Waals surface area contributed by atoms with Gasteiger partial charge in [-0.2, -0.15) is 0 Å². The Morgan fingerprint density at radius 1 is 0.900 bits per heavy atom. The molecule has 106 valence electrons. The first-order valence-corrected chi connectivity index (χ1v) is 7.32. The number of hydrogen-bond donors (Lipinski definition) is 2. The van der Waals surface area contributed by atoms with Gasteiger partial charge in [-0.3, -0.25) is 0 Å².